The van der Waals surface area contributed by atoms with Crippen molar-refractivity contribution in [1.29, 1.82) is 0 Å². The van der Waals surface area contributed by atoms with Gasteiger partial charge in [-0.05, 0) is 49.6 Å². The summed E-state index contributed by atoms with van der Waals surface area (Å²) in [7, 11) is 5.38. The standard InChI is InChI=1S/C19H28N2O3/c1-20(16-6-4-5-7-16)13-19(22)21-9-8-14-10-17(23-2)18(24-3)11-15(14)12-21/h10-11,16H,4-9,12-13H2,1-3H3. The number of ether oxygens (including phenoxy) is 2. The van der Waals surface area contributed by atoms with Crippen molar-refractivity contribution in [1.82, 2.24) is 9.80 Å². The van der Waals surface area contributed by atoms with Gasteiger partial charge in [-0.1, -0.05) is 12.8 Å². The lowest BCUT2D eigenvalue weighted by atomic mass is 9.98. The zero-order valence-electron chi connectivity index (χ0n) is 15.0. The number of benzene rings is 1. The molecule has 24 heavy (non-hydrogen) atoms. The number of carbonyl (C=O) groups excluding carboxylic acids is 1. The second kappa shape index (κ2) is 7.43. The minimum atomic E-state index is 0.227. The van der Waals surface area contributed by atoms with Crippen LogP contribution in [0.3, 0.4) is 0 Å². The van der Waals surface area contributed by atoms with Crippen molar-refractivity contribution in [2.24, 2.45) is 0 Å². The molecule has 1 aromatic carbocycles. The SMILES string of the molecule is COc1cc2c(cc1OC)CN(C(=O)CN(C)C1CCCC1)CC2. The molecule has 0 spiro atoms. The predicted molar refractivity (Wildman–Crippen MR) is 93.6 cm³/mol. The van der Waals surface area contributed by atoms with Crippen molar-refractivity contribution in [3.8, 4) is 11.5 Å². The van der Waals surface area contributed by atoms with Crippen molar-refractivity contribution in [3.05, 3.63) is 23.3 Å². The van der Waals surface area contributed by atoms with Crippen molar-refractivity contribution < 1.29 is 14.3 Å². The Morgan fingerprint density at radius 1 is 1.17 bits per heavy atom. The minimum absolute atomic E-state index is 0.227. The van der Waals surface area contributed by atoms with Crippen LogP contribution >= 0.6 is 0 Å². The number of amides is 1. The smallest absolute Gasteiger partial charge is 0.237 e. The normalized spacial score (nSPS) is 17.9. The molecule has 0 unspecified atom stereocenters. The van der Waals surface area contributed by atoms with E-state index in [1.807, 2.05) is 17.0 Å². The number of hydrogen-bond acceptors (Lipinski definition) is 4. The fourth-order valence-electron chi connectivity index (χ4n) is 3.88. The molecule has 5 heteroatoms. The average Bonchev–Trinajstić information content (AvgIpc) is 3.14. The molecule has 5 nitrogen and oxygen atoms in total. The average molecular weight is 332 g/mol. The maximum atomic E-state index is 12.7. The first-order chi connectivity index (χ1) is 11.6. The maximum absolute atomic E-state index is 12.7. The number of methoxy groups -OCH3 is 2. The molecule has 1 saturated carbocycles. The van der Waals surface area contributed by atoms with Gasteiger partial charge in [0.15, 0.2) is 11.5 Å². The summed E-state index contributed by atoms with van der Waals surface area (Å²) < 4.78 is 10.8. The van der Waals surface area contributed by atoms with E-state index in [1.54, 1.807) is 14.2 Å². The van der Waals surface area contributed by atoms with E-state index in [-0.39, 0.29) is 5.91 Å². The van der Waals surface area contributed by atoms with E-state index in [9.17, 15) is 4.79 Å². The minimum Gasteiger partial charge on any atom is -0.493 e. The van der Waals surface area contributed by atoms with Crippen LogP contribution in [0.2, 0.25) is 0 Å². The molecule has 1 aromatic rings. The van der Waals surface area contributed by atoms with Gasteiger partial charge in [0.25, 0.3) is 0 Å². The maximum Gasteiger partial charge on any atom is 0.237 e. The van der Waals surface area contributed by atoms with E-state index < -0.39 is 0 Å². The van der Waals surface area contributed by atoms with Gasteiger partial charge in [0.05, 0.1) is 20.8 Å². The molecular formula is C19H28N2O3. The van der Waals surface area contributed by atoms with Crippen LogP contribution in [0.25, 0.3) is 0 Å². The van der Waals surface area contributed by atoms with Crippen LogP contribution in [0.15, 0.2) is 12.1 Å². The number of rotatable bonds is 5. The third-order valence-electron chi connectivity index (χ3n) is 5.40. The van der Waals surface area contributed by atoms with Crippen LogP contribution in [0.1, 0.15) is 36.8 Å². The van der Waals surface area contributed by atoms with Gasteiger partial charge in [-0.25, -0.2) is 0 Å². The van der Waals surface area contributed by atoms with E-state index >= 15 is 0 Å². The molecule has 3 rings (SSSR count). The Labute approximate surface area is 144 Å². The number of likely N-dealkylation sites (N-methyl/N-ethyl adjacent to an activating group) is 1. The van der Waals surface area contributed by atoms with Crippen LogP contribution in [0.4, 0.5) is 0 Å². The third kappa shape index (κ3) is 3.51. The van der Waals surface area contributed by atoms with E-state index in [0.29, 0.717) is 19.1 Å². The third-order valence-corrected chi connectivity index (χ3v) is 5.40. The zero-order chi connectivity index (χ0) is 17.1. The summed E-state index contributed by atoms with van der Waals surface area (Å²) >= 11 is 0. The van der Waals surface area contributed by atoms with Gasteiger partial charge in [-0.2, -0.15) is 0 Å². The van der Waals surface area contributed by atoms with Gasteiger partial charge < -0.3 is 14.4 Å². The lowest BCUT2D eigenvalue weighted by Gasteiger charge is -2.32. The van der Waals surface area contributed by atoms with Crippen LogP contribution in [-0.4, -0.2) is 56.1 Å². The second-order valence-corrected chi connectivity index (χ2v) is 6.89. The van der Waals surface area contributed by atoms with Gasteiger partial charge in [-0.15, -0.1) is 0 Å². The lowest BCUT2D eigenvalue weighted by molar-refractivity contribution is -0.133. The van der Waals surface area contributed by atoms with Crippen molar-refractivity contribution in [3.63, 3.8) is 0 Å². The Hall–Kier alpha value is -1.75. The number of hydrogen-bond donors (Lipinski definition) is 0. The molecular weight excluding hydrogens is 304 g/mol. The summed E-state index contributed by atoms with van der Waals surface area (Å²) in [5.74, 6) is 1.72. The first-order valence-corrected chi connectivity index (χ1v) is 8.84. The van der Waals surface area contributed by atoms with Crippen LogP contribution in [0, 0.1) is 0 Å². The molecule has 0 saturated heterocycles. The highest BCUT2D eigenvalue weighted by molar-refractivity contribution is 5.78. The van der Waals surface area contributed by atoms with Gasteiger partial charge >= 0.3 is 0 Å². The number of fused-ring (bicyclic) bond motifs is 1. The molecule has 1 aliphatic heterocycles. The molecule has 0 aromatic heterocycles. The molecule has 2 aliphatic rings. The van der Waals surface area contributed by atoms with E-state index in [1.165, 1.54) is 31.2 Å². The quantitative estimate of drug-likeness (QED) is 0.831. The molecule has 1 aliphatic carbocycles. The zero-order valence-corrected chi connectivity index (χ0v) is 15.0. The Morgan fingerprint density at radius 3 is 2.42 bits per heavy atom. The molecule has 0 radical (unpaired) electrons. The Morgan fingerprint density at radius 2 is 1.79 bits per heavy atom. The molecule has 132 valence electrons. The Kier molecular flexibility index (Phi) is 5.29. The first-order valence-electron chi connectivity index (χ1n) is 8.84. The summed E-state index contributed by atoms with van der Waals surface area (Å²) in [5, 5.41) is 0. The van der Waals surface area contributed by atoms with Crippen LogP contribution in [-0.2, 0) is 17.8 Å². The van der Waals surface area contributed by atoms with Gasteiger partial charge in [0.1, 0.15) is 0 Å². The highest BCUT2D eigenvalue weighted by Crippen LogP contribution is 2.33. The Balaban J connectivity index is 1.66. The molecule has 0 bridgehead atoms. The van der Waals surface area contributed by atoms with Gasteiger partial charge in [-0.3, -0.25) is 9.69 Å². The van der Waals surface area contributed by atoms with E-state index in [2.05, 4.69) is 11.9 Å². The molecule has 1 fully saturated rings. The molecule has 1 amide bonds. The van der Waals surface area contributed by atoms with E-state index in [4.69, 9.17) is 9.47 Å². The lowest BCUT2D eigenvalue weighted by Crippen LogP contribution is -2.44. The fraction of sp³-hybridized carbons (Fsp3) is 0.632. The monoisotopic (exact) mass is 332 g/mol. The van der Waals surface area contributed by atoms with Crippen LogP contribution < -0.4 is 9.47 Å². The summed E-state index contributed by atoms with van der Waals surface area (Å²) in [6, 6.07) is 4.63. The Bertz CT molecular complexity index is 597. The van der Waals surface area contributed by atoms with Crippen molar-refractivity contribution in [2.45, 2.75) is 44.7 Å². The molecule has 0 atom stereocenters. The summed E-state index contributed by atoms with van der Waals surface area (Å²) in [6.45, 7) is 1.96. The van der Waals surface area contributed by atoms with Gasteiger partial charge in [0.2, 0.25) is 5.91 Å². The topological polar surface area (TPSA) is 42.0 Å². The number of nitrogens with zero attached hydrogens (tertiary/aromatic N) is 2. The van der Waals surface area contributed by atoms with E-state index in [0.717, 1.165) is 30.0 Å². The fourth-order valence-corrected chi connectivity index (χ4v) is 3.88. The summed E-state index contributed by atoms with van der Waals surface area (Å²) in [5.41, 5.74) is 2.41. The summed E-state index contributed by atoms with van der Waals surface area (Å²) in [4.78, 5) is 16.9. The largest absolute Gasteiger partial charge is 0.493 e. The highest BCUT2D eigenvalue weighted by Gasteiger charge is 2.26. The van der Waals surface area contributed by atoms with Crippen molar-refractivity contribution in [2.75, 3.05) is 34.4 Å². The number of carbonyl (C=O) groups is 1. The summed E-state index contributed by atoms with van der Waals surface area (Å²) in [6.07, 6.45) is 5.91. The predicted octanol–water partition coefficient (Wildman–Crippen LogP) is 2.46. The highest BCUT2D eigenvalue weighted by atomic mass is 16.5. The van der Waals surface area contributed by atoms with Gasteiger partial charge in [0, 0.05) is 19.1 Å². The molecule has 1 heterocycles. The molecule has 0 N–H and O–H groups in total. The second-order valence-electron chi connectivity index (χ2n) is 6.89. The first kappa shape index (κ1) is 17.1. The van der Waals surface area contributed by atoms with Crippen LogP contribution in [0.5, 0.6) is 11.5 Å². The van der Waals surface area contributed by atoms with Crippen molar-refractivity contribution >= 4 is 5.91 Å².